The van der Waals surface area contributed by atoms with Gasteiger partial charge in [0.25, 0.3) is 0 Å². The molecule has 0 atom stereocenters. The van der Waals surface area contributed by atoms with Crippen LogP contribution in [0.4, 0.5) is 13.2 Å². The molecule has 0 radical (unpaired) electrons. The molecule has 0 aliphatic heterocycles. The lowest BCUT2D eigenvalue weighted by atomic mass is 10.4. The van der Waals surface area contributed by atoms with Crippen molar-refractivity contribution in [2.24, 2.45) is 0 Å². The highest BCUT2D eigenvalue weighted by molar-refractivity contribution is 7.98. The van der Waals surface area contributed by atoms with E-state index in [4.69, 9.17) is 9.90 Å². The molecule has 84 valence electrons. The molecule has 1 aromatic rings. The third-order valence-corrected chi connectivity index (χ3v) is 1.96. The van der Waals surface area contributed by atoms with E-state index in [1.807, 2.05) is 18.2 Å². The van der Waals surface area contributed by atoms with Gasteiger partial charge in [-0.15, -0.1) is 11.8 Å². The van der Waals surface area contributed by atoms with Gasteiger partial charge < -0.3 is 5.11 Å². The molecule has 6 heteroatoms. The number of carboxylic acid groups (broad SMARTS) is 1. The fraction of sp³-hybridized carbons (Fsp3) is 0.222. The molecule has 0 aliphatic rings. The Kier molecular flexibility index (Phi) is 5.84. The predicted octanol–water partition coefficient (Wildman–Crippen LogP) is 3.04. The van der Waals surface area contributed by atoms with Crippen LogP contribution in [-0.4, -0.2) is 23.5 Å². The fourth-order valence-corrected chi connectivity index (χ4v) is 0.986. The number of benzene rings is 1. The van der Waals surface area contributed by atoms with Gasteiger partial charge in [-0.3, -0.25) is 0 Å². The largest absolute Gasteiger partial charge is 0.490 e. The minimum Gasteiger partial charge on any atom is -0.475 e. The first kappa shape index (κ1) is 13.8. The molecule has 0 unspecified atom stereocenters. The zero-order valence-electron chi connectivity index (χ0n) is 7.78. The molecule has 0 amide bonds. The van der Waals surface area contributed by atoms with Crippen LogP contribution in [0.5, 0.6) is 0 Å². The van der Waals surface area contributed by atoms with Gasteiger partial charge >= 0.3 is 12.1 Å². The highest BCUT2D eigenvalue weighted by Gasteiger charge is 2.38. The van der Waals surface area contributed by atoms with Gasteiger partial charge in [0.05, 0.1) is 0 Å². The average molecular weight is 238 g/mol. The predicted molar refractivity (Wildman–Crippen MR) is 51.9 cm³/mol. The molecule has 1 N–H and O–H groups in total. The minimum atomic E-state index is -5.08. The molecular formula is C9H9F3O2S. The summed E-state index contributed by atoms with van der Waals surface area (Å²) in [6.45, 7) is 0. The van der Waals surface area contributed by atoms with Crippen molar-refractivity contribution in [1.82, 2.24) is 0 Å². The van der Waals surface area contributed by atoms with Crippen molar-refractivity contribution in [3.63, 3.8) is 0 Å². The summed E-state index contributed by atoms with van der Waals surface area (Å²) >= 11 is 1.77. The number of halogens is 3. The number of alkyl halides is 3. The van der Waals surface area contributed by atoms with E-state index >= 15 is 0 Å². The van der Waals surface area contributed by atoms with Gasteiger partial charge in [0, 0.05) is 4.90 Å². The Hall–Kier alpha value is -1.17. The molecule has 0 spiro atoms. The topological polar surface area (TPSA) is 37.3 Å². The van der Waals surface area contributed by atoms with Crippen molar-refractivity contribution >= 4 is 17.7 Å². The lowest BCUT2D eigenvalue weighted by Crippen LogP contribution is -2.21. The summed E-state index contributed by atoms with van der Waals surface area (Å²) in [6, 6.07) is 10.3. The molecule has 0 aromatic heterocycles. The number of rotatable bonds is 1. The van der Waals surface area contributed by atoms with E-state index in [1.165, 1.54) is 4.90 Å². The molecule has 0 aliphatic carbocycles. The van der Waals surface area contributed by atoms with Crippen LogP contribution < -0.4 is 0 Å². The number of hydrogen-bond donors (Lipinski definition) is 1. The summed E-state index contributed by atoms with van der Waals surface area (Å²) < 4.78 is 31.7. The Balaban J connectivity index is 0.000000265. The number of hydrogen-bond acceptors (Lipinski definition) is 2. The Labute approximate surface area is 89.1 Å². The minimum absolute atomic E-state index is 1.33. The molecule has 0 saturated carbocycles. The Morgan fingerprint density at radius 2 is 1.67 bits per heavy atom. The van der Waals surface area contributed by atoms with Crippen molar-refractivity contribution < 1.29 is 23.1 Å². The van der Waals surface area contributed by atoms with Crippen LogP contribution in [0.1, 0.15) is 0 Å². The monoisotopic (exact) mass is 238 g/mol. The normalized spacial score (nSPS) is 10.1. The van der Waals surface area contributed by atoms with Crippen molar-refractivity contribution in [3.8, 4) is 0 Å². The van der Waals surface area contributed by atoms with Gasteiger partial charge in [-0.1, -0.05) is 18.2 Å². The summed E-state index contributed by atoms with van der Waals surface area (Å²) in [6.07, 6.45) is -3.00. The first-order chi connectivity index (χ1) is 6.88. The van der Waals surface area contributed by atoms with Gasteiger partial charge in [0.2, 0.25) is 0 Å². The smallest absolute Gasteiger partial charge is 0.475 e. The maximum atomic E-state index is 10.6. The molecular weight excluding hydrogens is 229 g/mol. The Bertz CT molecular complexity index is 298. The van der Waals surface area contributed by atoms with Crippen LogP contribution in [0.15, 0.2) is 35.2 Å². The van der Waals surface area contributed by atoms with Gasteiger partial charge in [-0.05, 0) is 18.4 Å². The van der Waals surface area contributed by atoms with Gasteiger partial charge in [-0.2, -0.15) is 13.2 Å². The molecule has 2 nitrogen and oxygen atoms in total. The summed E-state index contributed by atoms with van der Waals surface area (Å²) in [7, 11) is 0. The van der Waals surface area contributed by atoms with Crippen LogP contribution in [0.2, 0.25) is 0 Å². The average Bonchev–Trinajstić information content (AvgIpc) is 2.18. The molecule has 0 fully saturated rings. The van der Waals surface area contributed by atoms with E-state index in [9.17, 15) is 13.2 Å². The molecule has 1 rings (SSSR count). The molecule has 0 bridgehead atoms. The molecule has 15 heavy (non-hydrogen) atoms. The van der Waals surface area contributed by atoms with Crippen LogP contribution >= 0.6 is 11.8 Å². The van der Waals surface area contributed by atoms with Crippen LogP contribution in [0, 0.1) is 0 Å². The third kappa shape index (κ3) is 6.84. The standard InChI is InChI=1S/C7H8S.C2HF3O2/c1-8-7-5-3-2-4-6-7;3-2(4,5)1(6)7/h2-6H,1H3;(H,6,7). The fourth-order valence-electron chi connectivity index (χ4n) is 0.557. The Morgan fingerprint density at radius 1 is 1.27 bits per heavy atom. The number of carboxylic acids is 1. The number of thioether (sulfide) groups is 1. The zero-order valence-corrected chi connectivity index (χ0v) is 8.60. The highest BCUT2D eigenvalue weighted by atomic mass is 32.2. The van der Waals surface area contributed by atoms with E-state index in [2.05, 4.69) is 18.4 Å². The summed E-state index contributed by atoms with van der Waals surface area (Å²) in [5, 5.41) is 7.12. The second-order valence-corrected chi connectivity index (χ2v) is 3.20. The lowest BCUT2D eigenvalue weighted by molar-refractivity contribution is -0.192. The number of aliphatic carboxylic acids is 1. The summed E-state index contributed by atoms with van der Waals surface area (Å²) in [5.41, 5.74) is 0. The molecule has 0 heterocycles. The van der Waals surface area contributed by atoms with Gasteiger partial charge in [-0.25, -0.2) is 4.79 Å². The third-order valence-electron chi connectivity index (χ3n) is 1.22. The van der Waals surface area contributed by atoms with E-state index in [-0.39, 0.29) is 0 Å². The van der Waals surface area contributed by atoms with E-state index < -0.39 is 12.1 Å². The van der Waals surface area contributed by atoms with Crippen LogP contribution in [0.3, 0.4) is 0 Å². The second-order valence-electron chi connectivity index (χ2n) is 2.32. The quantitative estimate of drug-likeness (QED) is 0.764. The lowest BCUT2D eigenvalue weighted by Gasteiger charge is -1.93. The molecule has 1 aromatic carbocycles. The molecule has 0 saturated heterocycles. The van der Waals surface area contributed by atoms with Crippen LogP contribution in [-0.2, 0) is 4.79 Å². The van der Waals surface area contributed by atoms with Crippen molar-refractivity contribution in [2.75, 3.05) is 6.26 Å². The first-order valence-electron chi connectivity index (χ1n) is 3.77. The SMILES string of the molecule is CSc1ccccc1.O=C(O)C(F)(F)F. The maximum Gasteiger partial charge on any atom is 0.490 e. The van der Waals surface area contributed by atoms with Crippen molar-refractivity contribution in [1.29, 1.82) is 0 Å². The van der Waals surface area contributed by atoms with E-state index in [1.54, 1.807) is 11.8 Å². The van der Waals surface area contributed by atoms with E-state index in [0.717, 1.165) is 0 Å². The Morgan fingerprint density at radius 3 is 1.87 bits per heavy atom. The van der Waals surface area contributed by atoms with Crippen LogP contribution in [0.25, 0.3) is 0 Å². The summed E-state index contributed by atoms with van der Waals surface area (Å²) in [4.78, 5) is 10.2. The first-order valence-corrected chi connectivity index (χ1v) is 4.99. The highest BCUT2D eigenvalue weighted by Crippen LogP contribution is 2.13. The number of carbonyl (C=O) groups is 1. The van der Waals surface area contributed by atoms with Gasteiger partial charge in [0.1, 0.15) is 0 Å². The van der Waals surface area contributed by atoms with Crippen molar-refractivity contribution in [3.05, 3.63) is 30.3 Å². The second kappa shape index (κ2) is 6.34. The van der Waals surface area contributed by atoms with Gasteiger partial charge in [0.15, 0.2) is 0 Å². The summed E-state index contributed by atoms with van der Waals surface area (Å²) in [5.74, 6) is -2.76. The van der Waals surface area contributed by atoms with Crippen molar-refractivity contribution in [2.45, 2.75) is 11.1 Å². The maximum absolute atomic E-state index is 10.6. The van der Waals surface area contributed by atoms with E-state index in [0.29, 0.717) is 0 Å². The zero-order chi connectivity index (χ0) is 11.9.